The molecule has 0 aliphatic heterocycles. The molecule has 0 saturated carbocycles. The van der Waals surface area contributed by atoms with Gasteiger partial charge in [-0.25, -0.2) is 4.57 Å². The van der Waals surface area contributed by atoms with Crippen molar-refractivity contribution in [3.63, 3.8) is 0 Å². The average molecular weight is 342 g/mol. The Morgan fingerprint density at radius 3 is 2.42 bits per heavy atom. The fourth-order valence-electron chi connectivity index (χ4n) is 3.76. The lowest BCUT2D eigenvalue weighted by molar-refractivity contribution is -0.633. The number of hydrogen-bond donors (Lipinski definition) is 0. The van der Waals surface area contributed by atoms with Crippen LogP contribution in [0.1, 0.15) is 31.0 Å². The van der Waals surface area contributed by atoms with Crippen LogP contribution < -0.4 is 4.57 Å². The molecule has 26 heavy (non-hydrogen) atoms. The van der Waals surface area contributed by atoms with E-state index in [1.165, 1.54) is 22.3 Å². The highest BCUT2D eigenvalue weighted by atomic mass is 15.2. The number of fused-ring (bicyclic) bond motifs is 1. The minimum atomic E-state index is 0.445. The second kappa shape index (κ2) is 6.41. The van der Waals surface area contributed by atoms with E-state index in [2.05, 4.69) is 96.5 Å². The molecule has 130 valence electrons. The Morgan fingerprint density at radius 2 is 1.65 bits per heavy atom. The SMILES string of the molecule is Cc1ncccc1-c1n(-c2ccccc2C(C)C)c2ccccc2[n+]1C. The van der Waals surface area contributed by atoms with Crippen LogP contribution in [0, 0.1) is 6.92 Å². The Morgan fingerprint density at radius 1 is 0.923 bits per heavy atom. The second-order valence-electron chi connectivity index (χ2n) is 7.06. The molecule has 3 heteroatoms. The number of pyridine rings is 1. The third-order valence-corrected chi connectivity index (χ3v) is 5.06. The van der Waals surface area contributed by atoms with Crippen molar-refractivity contribution in [2.24, 2.45) is 7.05 Å². The highest BCUT2D eigenvalue weighted by molar-refractivity contribution is 5.79. The maximum Gasteiger partial charge on any atom is 0.296 e. The molecule has 2 heterocycles. The molecule has 0 aliphatic rings. The normalized spacial score (nSPS) is 11.4. The van der Waals surface area contributed by atoms with Crippen molar-refractivity contribution in [3.05, 3.63) is 78.1 Å². The van der Waals surface area contributed by atoms with Gasteiger partial charge >= 0.3 is 0 Å². The molecule has 0 unspecified atom stereocenters. The van der Waals surface area contributed by atoms with Crippen molar-refractivity contribution in [3.8, 4) is 17.1 Å². The number of rotatable bonds is 3. The summed E-state index contributed by atoms with van der Waals surface area (Å²) in [6, 6.07) is 21.4. The van der Waals surface area contributed by atoms with E-state index < -0.39 is 0 Å². The summed E-state index contributed by atoms with van der Waals surface area (Å²) in [5.74, 6) is 1.60. The Kier molecular flexibility index (Phi) is 4.08. The number of hydrogen-bond acceptors (Lipinski definition) is 1. The summed E-state index contributed by atoms with van der Waals surface area (Å²) in [5.41, 5.74) is 7.19. The van der Waals surface area contributed by atoms with Gasteiger partial charge in [-0.2, -0.15) is 4.57 Å². The molecule has 0 spiro atoms. The molecule has 0 fully saturated rings. The van der Waals surface area contributed by atoms with E-state index in [1.54, 1.807) is 0 Å². The summed E-state index contributed by atoms with van der Waals surface area (Å²) < 4.78 is 4.66. The van der Waals surface area contributed by atoms with E-state index in [9.17, 15) is 0 Å². The Hall–Kier alpha value is -2.94. The van der Waals surface area contributed by atoms with Crippen LogP contribution in [0.2, 0.25) is 0 Å². The van der Waals surface area contributed by atoms with Gasteiger partial charge in [0.1, 0.15) is 5.69 Å². The molecule has 0 aliphatic carbocycles. The number of para-hydroxylation sites is 3. The van der Waals surface area contributed by atoms with Crippen LogP contribution in [0.5, 0.6) is 0 Å². The van der Waals surface area contributed by atoms with Crippen LogP contribution >= 0.6 is 0 Å². The maximum absolute atomic E-state index is 4.53. The second-order valence-corrected chi connectivity index (χ2v) is 7.06. The van der Waals surface area contributed by atoms with Crippen LogP contribution in [0.15, 0.2) is 66.9 Å². The van der Waals surface area contributed by atoms with Gasteiger partial charge in [-0.3, -0.25) is 4.98 Å². The van der Waals surface area contributed by atoms with E-state index in [0.29, 0.717) is 5.92 Å². The third kappa shape index (κ3) is 2.51. The first-order valence-electron chi connectivity index (χ1n) is 9.10. The first-order valence-corrected chi connectivity index (χ1v) is 9.10. The van der Waals surface area contributed by atoms with Crippen LogP contribution in [-0.2, 0) is 7.05 Å². The van der Waals surface area contributed by atoms with Gasteiger partial charge in [0.15, 0.2) is 11.0 Å². The molecule has 4 aromatic rings. The average Bonchev–Trinajstić information content (AvgIpc) is 2.95. The van der Waals surface area contributed by atoms with Crippen LogP contribution in [0.4, 0.5) is 0 Å². The van der Waals surface area contributed by atoms with Gasteiger partial charge in [0.25, 0.3) is 5.82 Å². The van der Waals surface area contributed by atoms with Gasteiger partial charge in [-0.1, -0.05) is 44.2 Å². The van der Waals surface area contributed by atoms with Crippen LogP contribution in [0.25, 0.3) is 28.1 Å². The lowest BCUT2D eigenvalue weighted by Crippen LogP contribution is -2.30. The topological polar surface area (TPSA) is 21.7 Å². The van der Waals surface area contributed by atoms with Gasteiger partial charge < -0.3 is 0 Å². The number of imidazole rings is 1. The number of aryl methyl sites for hydroxylation is 2. The van der Waals surface area contributed by atoms with Crippen LogP contribution in [0.3, 0.4) is 0 Å². The molecule has 0 N–H and O–H groups in total. The Bertz CT molecular complexity index is 1090. The summed E-state index contributed by atoms with van der Waals surface area (Å²) >= 11 is 0. The van der Waals surface area contributed by atoms with Gasteiger partial charge in [0, 0.05) is 11.8 Å². The van der Waals surface area contributed by atoms with E-state index in [1.807, 2.05) is 12.3 Å². The van der Waals surface area contributed by atoms with Gasteiger partial charge in [-0.05, 0) is 43.2 Å². The molecule has 3 nitrogen and oxygen atoms in total. The maximum atomic E-state index is 4.53. The van der Waals surface area contributed by atoms with Crippen molar-refractivity contribution < 1.29 is 4.57 Å². The first-order chi connectivity index (χ1) is 12.6. The molecule has 2 aromatic heterocycles. The molecule has 0 radical (unpaired) electrons. The predicted molar refractivity (Wildman–Crippen MR) is 107 cm³/mol. The van der Waals surface area contributed by atoms with E-state index in [4.69, 9.17) is 0 Å². The highest BCUT2D eigenvalue weighted by Crippen LogP contribution is 2.32. The summed E-state index contributed by atoms with van der Waals surface area (Å²) in [6.07, 6.45) is 1.86. The minimum absolute atomic E-state index is 0.445. The molecule has 4 rings (SSSR count). The fraction of sp³-hybridized carbons (Fsp3) is 0.217. The number of benzene rings is 2. The van der Waals surface area contributed by atoms with Crippen molar-refractivity contribution in [1.82, 2.24) is 9.55 Å². The monoisotopic (exact) mass is 342 g/mol. The van der Waals surface area contributed by atoms with E-state index in [-0.39, 0.29) is 0 Å². The summed E-state index contributed by atoms with van der Waals surface area (Å²) in [5, 5.41) is 0. The minimum Gasteiger partial charge on any atom is -0.261 e. The largest absolute Gasteiger partial charge is 0.296 e. The smallest absolute Gasteiger partial charge is 0.261 e. The summed E-state index contributed by atoms with van der Waals surface area (Å²) in [4.78, 5) is 4.53. The standard InChI is InChI=1S/C23H24N3/c1-16(2)18-10-5-6-12-20(18)26-22-14-8-7-13-21(22)25(4)23(26)19-11-9-15-24-17(19)3/h5-16H,1-4H3/q+1. The van der Waals surface area contributed by atoms with Crippen molar-refractivity contribution in [2.45, 2.75) is 26.7 Å². The third-order valence-electron chi connectivity index (χ3n) is 5.06. The van der Waals surface area contributed by atoms with E-state index >= 15 is 0 Å². The molecule has 0 saturated heterocycles. The lowest BCUT2D eigenvalue weighted by atomic mass is 10.0. The zero-order valence-corrected chi connectivity index (χ0v) is 15.8. The lowest BCUT2D eigenvalue weighted by Gasteiger charge is -2.12. The van der Waals surface area contributed by atoms with Crippen LogP contribution in [-0.4, -0.2) is 9.55 Å². The number of aromatic nitrogens is 3. The molecular weight excluding hydrogens is 318 g/mol. The van der Waals surface area contributed by atoms with Gasteiger partial charge in [0.2, 0.25) is 0 Å². The van der Waals surface area contributed by atoms with E-state index in [0.717, 1.165) is 17.1 Å². The summed E-state index contributed by atoms with van der Waals surface area (Å²) in [7, 11) is 2.14. The fourth-order valence-corrected chi connectivity index (χ4v) is 3.76. The zero-order chi connectivity index (χ0) is 18.3. The molecule has 0 atom stereocenters. The number of nitrogens with zero attached hydrogens (tertiary/aromatic N) is 3. The highest BCUT2D eigenvalue weighted by Gasteiger charge is 2.28. The molecular formula is C23H24N3+. The molecule has 0 bridgehead atoms. The quantitative estimate of drug-likeness (QED) is 0.483. The molecule has 0 amide bonds. The van der Waals surface area contributed by atoms with Crippen molar-refractivity contribution >= 4 is 11.0 Å². The predicted octanol–water partition coefficient (Wildman–Crippen LogP) is 4.95. The Balaban J connectivity index is 2.16. The van der Waals surface area contributed by atoms with Crippen molar-refractivity contribution in [2.75, 3.05) is 0 Å². The molecule has 2 aromatic carbocycles. The van der Waals surface area contributed by atoms with Gasteiger partial charge in [-0.15, -0.1) is 0 Å². The zero-order valence-electron chi connectivity index (χ0n) is 15.8. The Labute approximate surface area is 154 Å². The summed E-state index contributed by atoms with van der Waals surface area (Å²) in [6.45, 7) is 6.57. The first kappa shape index (κ1) is 16.5. The van der Waals surface area contributed by atoms with Gasteiger partial charge in [0.05, 0.1) is 18.3 Å². The van der Waals surface area contributed by atoms with Crippen molar-refractivity contribution in [1.29, 1.82) is 0 Å².